The fourth-order valence-corrected chi connectivity index (χ4v) is 5.45. The molecule has 0 bridgehead atoms. The third kappa shape index (κ3) is 16.3. The maximum absolute atomic E-state index is 13.8. The number of carbonyl (C=O) groups is 6. The first-order valence-electron chi connectivity index (χ1n) is 18.1. The zero-order valence-electron chi connectivity index (χ0n) is 31.7. The quantitative estimate of drug-likeness (QED) is 0.0315. The number of aromatic hydroxyl groups is 1. The van der Waals surface area contributed by atoms with Gasteiger partial charge >= 0.3 is 5.97 Å². The number of carbonyl (C=O) groups excluding carboxylic acids is 5. The van der Waals surface area contributed by atoms with Crippen molar-refractivity contribution >= 4 is 41.5 Å². The number of nitrogens with one attached hydrogen (secondary N) is 5. The Bertz CT molecular complexity index is 1640. The van der Waals surface area contributed by atoms with Crippen molar-refractivity contribution in [2.24, 2.45) is 28.1 Å². The molecule has 7 unspecified atom stereocenters. The second-order valence-electron chi connectivity index (χ2n) is 13.7. The van der Waals surface area contributed by atoms with Crippen molar-refractivity contribution in [2.75, 3.05) is 13.2 Å². The largest absolute Gasteiger partial charge is 0.508 e. The van der Waals surface area contributed by atoms with Crippen molar-refractivity contribution in [1.82, 2.24) is 26.6 Å². The summed E-state index contributed by atoms with van der Waals surface area (Å²) in [5.74, 6) is -6.09. The molecule has 0 aliphatic heterocycles. The molecule has 0 aliphatic rings. The third-order valence-corrected chi connectivity index (χ3v) is 8.42. The lowest BCUT2D eigenvalue weighted by molar-refractivity contribution is -0.142. The number of aliphatic hydroxyl groups excluding tert-OH is 2. The zero-order chi connectivity index (χ0) is 41.9. The number of carboxylic acids is 1. The number of carboxylic acid groups (broad SMARTS) is 1. The average Bonchev–Trinajstić information content (AvgIpc) is 3.13. The van der Waals surface area contributed by atoms with Crippen molar-refractivity contribution < 1.29 is 49.2 Å². The first kappa shape index (κ1) is 46.4. The summed E-state index contributed by atoms with van der Waals surface area (Å²) in [4.78, 5) is 82.9. The molecule has 0 radical (unpaired) electrons. The standard InChI is InChI=1S/C37H55N9O10/c1-20(2)16-25(38)31(50)45-29(19-47)34(53)43-27(17-23-11-13-24(49)14-12-23)33(52)46-30(21(3)48)35(54)42-26(10-7-15-41-37(39)40)32(51)44-28(36(55)56)18-22-8-5-4-6-9-22/h4-6,8-9,11-14,20-21,25-30,47-49H,7,10,15-19,38H2,1-3H3,(H,42,54)(H,43,53)(H,44,51)(H,45,50)(H,46,52)(H,55,56)(H4,39,40,41). The van der Waals surface area contributed by atoms with Gasteiger partial charge in [0, 0.05) is 19.4 Å². The molecule has 15 N–H and O–H groups in total. The minimum atomic E-state index is -1.71. The van der Waals surface area contributed by atoms with Gasteiger partial charge in [-0.25, -0.2) is 4.79 Å². The number of phenolic OH excluding ortho intramolecular Hbond substituents is 1. The van der Waals surface area contributed by atoms with E-state index >= 15 is 0 Å². The summed E-state index contributed by atoms with van der Waals surface area (Å²) in [6, 6.07) is 5.76. The van der Waals surface area contributed by atoms with Crippen LogP contribution in [0.2, 0.25) is 0 Å². The Kier molecular flexibility index (Phi) is 19.2. The molecule has 0 aromatic heterocycles. The number of nitrogens with two attached hydrogens (primary N) is 3. The number of hydrogen-bond donors (Lipinski definition) is 12. The molecule has 2 aromatic rings. The molecule has 0 fully saturated rings. The first-order valence-corrected chi connectivity index (χ1v) is 18.1. The molecular formula is C37H55N9O10. The smallest absolute Gasteiger partial charge is 0.326 e. The van der Waals surface area contributed by atoms with Crippen LogP contribution in [0.5, 0.6) is 5.75 Å². The van der Waals surface area contributed by atoms with Gasteiger partial charge in [0.2, 0.25) is 29.5 Å². The van der Waals surface area contributed by atoms with E-state index in [0.717, 1.165) is 0 Å². The molecule has 2 aromatic carbocycles. The predicted molar refractivity (Wildman–Crippen MR) is 205 cm³/mol. The summed E-state index contributed by atoms with van der Waals surface area (Å²) in [5, 5.41) is 52.3. The van der Waals surface area contributed by atoms with E-state index in [2.05, 4.69) is 31.6 Å². The van der Waals surface area contributed by atoms with Crippen LogP contribution in [0.1, 0.15) is 51.2 Å². The maximum Gasteiger partial charge on any atom is 0.326 e. The summed E-state index contributed by atoms with van der Waals surface area (Å²) in [6.45, 7) is 4.11. The van der Waals surface area contributed by atoms with Crippen LogP contribution in [-0.4, -0.2) is 117 Å². The Labute approximate surface area is 324 Å². The number of guanidine groups is 1. The third-order valence-electron chi connectivity index (χ3n) is 8.42. The maximum atomic E-state index is 13.8. The fourth-order valence-electron chi connectivity index (χ4n) is 5.45. The molecule has 19 heteroatoms. The van der Waals surface area contributed by atoms with Crippen molar-refractivity contribution in [3.05, 3.63) is 65.7 Å². The summed E-state index contributed by atoms with van der Waals surface area (Å²) in [7, 11) is 0. The predicted octanol–water partition coefficient (Wildman–Crippen LogP) is -2.51. The molecule has 0 saturated carbocycles. The number of nitrogens with zero attached hydrogens (tertiary/aromatic N) is 1. The van der Waals surface area contributed by atoms with E-state index in [0.29, 0.717) is 17.5 Å². The van der Waals surface area contributed by atoms with Crippen molar-refractivity contribution in [1.29, 1.82) is 0 Å². The zero-order valence-corrected chi connectivity index (χ0v) is 31.7. The molecule has 2 rings (SSSR count). The second-order valence-corrected chi connectivity index (χ2v) is 13.7. The number of rotatable bonds is 23. The molecule has 0 saturated heterocycles. The minimum Gasteiger partial charge on any atom is -0.508 e. The van der Waals surface area contributed by atoms with Gasteiger partial charge in [0.15, 0.2) is 5.96 Å². The second kappa shape index (κ2) is 23.2. The van der Waals surface area contributed by atoms with E-state index in [1.54, 1.807) is 30.3 Å². The van der Waals surface area contributed by atoms with E-state index < -0.39 is 84.5 Å². The molecular weight excluding hydrogens is 730 g/mol. The van der Waals surface area contributed by atoms with Crippen molar-refractivity contribution in [3.63, 3.8) is 0 Å². The normalized spacial score (nSPS) is 14.8. The van der Waals surface area contributed by atoms with Crippen molar-refractivity contribution in [2.45, 2.75) is 95.2 Å². The van der Waals surface area contributed by atoms with Gasteiger partial charge in [0.1, 0.15) is 36.0 Å². The van der Waals surface area contributed by atoms with Gasteiger partial charge < -0.3 is 64.2 Å². The summed E-state index contributed by atoms with van der Waals surface area (Å²) >= 11 is 0. The Morgan fingerprint density at radius 2 is 1.21 bits per heavy atom. The van der Waals surface area contributed by atoms with E-state index in [1.807, 2.05) is 13.8 Å². The monoisotopic (exact) mass is 785 g/mol. The average molecular weight is 786 g/mol. The van der Waals surface area contributed by atoms with E-state index in [1.165, 1.54) is 31.2 Å². The molecule has 56 heavy (non-hydrogen) atoms. The Balaban J connectivity index is 2.33. The lowest BCUT2D eigenvalue weighted by atomic mass is 10.0. The van der Waals surface area contributed by atoms with Gasteiger partial charge in [-0.3, -0.25) is 29.0 Å². The van der Waals surface area contributed by atoms with E-state index in [-0.39, 0.29) is 49.9 Å². The summed E-state index contributed by atoms with van der Waals surface area (Å²) < 4.78 is 0. The van der Waals surface area contributed by atoms with Crippen LogP contribution in [0.15, 0.2) is 59.6 Å². The number of aliphatic imine (C=N–C) groups is 1. The summed E-state index contributed by atoms with van der Waals surface area (Å²) in [6.07, 6.45) is -1.47. The summed E-state index contributed by atoms with van der Waals surface area (Å²) in [5.41, 5.74) is 17.8. The van der Waals surface area contributed by atoms with E-state index in [9.17, 15) is 49.2 Å². The highest BCUT2D eigenvalue weighted by Crippen LogP contribution is 2.13. The van der Waals surface area contributed by atoms with Crippen LogP contribution >= 0.6 is 0 Å². The molecule has 0 spiro atoms. The highest BCUT2D eigenvalue weighted by Gasteiger charge is 2.34. The van der Waals surface area contributed by atoms with Gasteiger partial charge in [-0.2, -0.15) is 0 Å². The van der Waals surface area contributed by atoms with Gasteiger partial charge in [0.05, 0.1) is 18.8 Å². The van der Waals surface area contributed by atoms with Crippen LogP contribution in [0.4, 0.5) is 0 Å². The SMILES string of the molecule is CC(C)CC(N)C(=O)NC(CO)C(=O)NC(Cc1ccc(O)cc1)C(=O)NC(C(=O)NC(CCCN=C(N)N)C(=O)NC(Cc1ccccc1)C(=O)O)C(C)O. The molecule has 308 valence electrons. The van der Waals surface area contributed by atoms with Crippen LogP contribution in [-0.2, 0) is 41.6 Å². The lowest BCUT2D eigenvalue weighted by Gasteiger charge is -2.28. The van der Waals surface area contributed by atoms with Crippen LogP contribution in [0.25, 0.3) is 0 Å². The van der Waals surface area contributed by atoms with Gasteiger partial charge in [-0.15, -0.1) is 0 Å². The van der Waals surface area contributed by atoms with Crippen molar-refractivity contribution in [3.8, 4) is 5.75 Å². The van der Waals surface area contributed by atoms with Gasteiger partial charge in [0.25, 0.3) is 0 Å². The number of hydrogen-bond acceptors (Lipinski definition) is 11. The highest BCUT2D eigenvalue weighted by atomic mass is 16.4. The van der Waals surface area contributed by atoms with Crippen LogP contribution < -0.4 is 43.8 Å². The minimum absolute atomic E-state index is 0.0581. The number of benzene rings is 2. The van der Waals surface area contributed by atoms with Gasteiger partial charge in [-0.1, -0.05) is 56.3 Å². The highest BCUT2D eigenvalue weighted by molar-refractivity contribution is 5.96. The number of amides is 5. The number of phenols is 1. The molecule has 5 amide bonds. The molecule has 7 atom stereocenters. The number of aliphatic carboxylic acids is 1. The molecule has 0 heterocycles. The number of aliphatic hydroxyl groups is 2. The van der Waals surface area contributed by atoms with Crippen LogP contribution in [0, 0.1) is 5.92 Å². The van der Waals surface area contributed by atoms with Gasteiger partial charge in [-0.05, 0) is 55.4 Å². The lowest BCUT2D eigenvalue weighted by Crippen LogP contribution is -2.62. The Morgan fingerprint density at radius 3 is 1.77 bits per heavy atom. The molecule has 0 aliphatic carbocycles. The van der Waals surface area contributed by atoms with E-state index in [4.69, 9.17) is 17.2 Å². The molecule has 19 nitrogen and oxygen atoms in total. The Hall–Kier alpha value is -5.79. The topological polar surface area (TPSA) is 334 Å². The fraction of sp³-hybridized carbons (Fsp3) is 0.486. The van der Waals surface area contributed by atoms with Crippen LogP contribution in [0.3, 0.4) is 0 Å². The Morgan fingerprint density at radius 1 is 0.696 bits per heavy atom. The first-order chi connectivity index (χ1) is 26.4.